The Labute approximate surface area is 104 Å². The highest BCUT2D eigenvalue weighted by molar-refractivity contribution is 5.29. The van der Waals surface area contributed by atoms with Gasteiger partial charge in [0.05, 0.1) is 6.61 Å². The van der Waals surface area contributed by atoms with Gasteiger partial charge in [0.1, 0.15) is 0 Å². The molecule has 1 aliphatic rings. The lowest BCUT2D eigenvalue weighted by atomic mass is 9.96. The van der Waals surface area contributed by atoms with Crippen molar-refractivity contribution in [3.63, 3.8) is 0 Å². The van der Waals surface area contributed by atoms with Gasteiger partial charge in [-0.1, -0.05) is 24.3 Å². The fourth-order valence-electron chi connectivity index (χ4n) is 2.36. The van der Waals surface area contributed by atoms with Crippen molar-refractivity contribution in [1.29, 1.82) is 0 Å². The number of nitrogens with zero attached hydrogens (tertiary/aromatic N) is 1. The number of rotatable bonds is 5. The molecule has 1 heterocycles. The molecule has 1 aromatic carbocycles. The second kappa shape index (κ2) is 6.15. The lowest BCUT2D eigenvalue weighted by molar-refractivity contribution is 0.154. The summed E-state index contributed by atoms with van der Waals surface area (Å²) in [5.74, 6) is 0. The lowest BCUT2D eigenvalue weighted by Gasteiger charge is -2.29. The minimum Gasteiger partial charge on any atom is -0.383 e. The molecule has 1 atom stereocenters. The molecule has 0 amide bonds. The van der Waals surface area contributed by atoms with Crippen LogP contribution in [0.15, 0.2) is 24.3 Å². The first-order chi connectivity index (χ1) is 8.29. The van der Waals surface area contributed by atoms with E-state index in [2.05, 4.69) is 41.5 Å². The second-order valence-electron chi connectivity index (χ2n) is 4.81. The Bertz CT molecular complexity index is 354. The summed E-state index contributed by atoms with van der Waals surface area (Å²) in [7, 11) is 3.91. The Morgan fingerprint density at radius 2 is 2.12 bits per heavy atom. The maximum atomic E-state index is 5.10. The van der Waals surface area contributed by atoms with Crippen molar-refractivity contribution in [1.82, 2.24) is 10.2 Å². The summed E-state index contributed by atoms with van der Waals surface area (Å²) in [4.78, 5) is 2.33. The molecule has 0 aliphatic carbocycles. The molecule has 1 aromatic rings. The van der Waals surface area contributed by atoms with E-state index in [9.17, 15) is 0 Å². The standard InChI is InChI=1S/C14H22N2O/c1-16(7-8-17-2)11-14-9-12-5-3-4-6-13(12)10-15-14/h3-6,14-15H,7-11H2,1-2H3. The average molecular weight is 234 g/mol. The predicted octanol–water partition coefficient (Wildman–Crippen LogP) is 1.28. The Morgan fingerprint density at radius 3 is 2.88 bits per heavy atom. The summed E-state index contributed by atoms with van der Waals surface area (Å²) in [6.07, 6.45) is 1.13. The molecule has 0 aromatic heterocycles. The summed E-state index contributed by atoms with van der Waals surface area (Å²) in [6.45, 7) is 3.88. The summed E-state index contributed by atoms with van der Waals surface area (Å²) in [5.41, 5.74) is 2.94. The van der Waals surface area contributed by atoms with Crippen molar-refractivity contribution in [3.05, 3.63) is 35.4 Å². The fraction of sp³-hybridized carbons (Fsp3) is 0.571. The van der Waals surface area contributed by atoms with E-state index in [4.69, 9.17) is 4.74 Å². The number of hydrogen-bond acceptors (Lipinski definition) is 3. The van der Waals surface area contributed by atoms with E-state index in [0.717, 1.165) is 32.7 Å². The van der Waals surface area contributed by atoms with Crippen LogP contribution in [0.5, 0.6) is 0 Å². The van der Waals surface area contributed by atoms with Crippen molar-refractivity contribution in [2.45, 2.75) is 19.0 Å². The second-order valence-corrected chi connectivity index (χ2v) is 4.81. The maximum Gasteiger partial charge on any atom is 0.0589 e. The highest BCUT2D eigenvalue weighted by Gasteiger charge is 2.18. The lowest BCUT2D eigenvalue weighted by Crippen LogP contribution is -2.44. The van der Waals surface area contributed by atoms with Crippen LogP contribution in [0.25, 0.3) is 0 Å². The molecule has 0 saturated carbocycles. The van der Waals surface area contributed by atoms with Gasteiger partial charge in [-0.15, -0.1) is 0 Å². The van der Waals surface area contributed by atoms with Crippen molar-refractivity contribution >= 4 is 0 Å². The maximum absolute atomic E-state index is 5.10. The number of nitrogens with one attached hydrogen (secondary N) is 1. The number of ether oxygens (including phenoxy) is 1. The zero-order valence-corrected chi connectivity index (χ0v) is 10.8. The third-order valence-corrected chi connectivity index (χ3v) is 3.38. The van der Waals surface area contributed by atoms with Crippen molar-refractivity contribution in [2.75, 3.05) is 33.9 Å². The minimum absolute atomic E-state index is 0.562. The Morgan fingerprint density at radius 1 is 1.35 bits per heavy atom. The third kappa shape index (κ3) is 3.53. The first-order valence-corrected chi connectivity index (χ1v) is 6.27. The van der Waals surface area contributed by atoms with Crippen LogP contribution < -0.4 is 5.32 Å². The molecule has 94 valence electrons. The number of benzene rings is 1. The van der Waals surface area contributed by atoms with Gasteiger partial charge < -0.3 is 15.0 Å². The molecule has 3 heteroatoms. The average Bonchev–Trinajstić information content (AvgIpc) is 2.36. The van der Waals surface area contributed by atoms with Crippen LogP contribution >= 0.6 is 0 Å². The van der Waals surface area contributed by atoms with E-state index in [1.54, 1.807) is 7.11 Å². The van der Waals surface area contributed by atoms with Gasteiger partial charge in [-0.3, -0.25) is 0 Å². The smallest absolute Gasteiger partial charge is 0.0589 e. The molecule has 1 N–H and O–H groups in total. The normalized spacial score (nSPS) is 19.4. The monoisotopic (exact) mass is 234 g/mol. The van der Waals surface area contributed by atoms with Crippen LogP contribution in [-0.2, 0) is 17.7 Å². The van der Waals surface area contributed by atoms with Gasteiger partial charge in [0.2, 0.25) is 0 Å². The zero-order valence-electron chi connectivity index (χ0n) is 10.8. The van der Waals surface area contributed by atoms with E-state index < -0.39 is 0 Å². The van der Waals surface area contributed by atoms with E-state index in [1.165, 1.54) is 11.1 Å². The molecule has 1 unspecified atom stereocenters. The van der Waals surface area contributed by atoms with Gasteiger partial charge in [0.15, 0.2) is 0 Å². The van der Waals surface area contributed by atoms with Crippen LogP contribution in [0.3, 0.4) is 0 Å². The summed E-state index contributed by atoms with van der Waals surface area (Å²) >= 11 is 0. The molecular weight excluding hydrogens is 212 g/mol. The van der Waals surface area contributed by atoms with Crippen molar-refractivity contribution in [2.24, 2.45) is 0 Å². The molecule has 0 bridgehead atoms. The van der Waals surface area contributed by atoms with E-state index >= 15 is 0 Å². The van der Waals surface area contributed by atoms with E-state index in [1.807, 2.05) is 0 Å². The van der Waals surface area contributed by atoms with Crippen LogP contribution in [0.1, 0.15) is 11.1 Å². The molecule has 0 fully saturated rings. The molecule has 0 spiro atoms. The summed E-state index contributed by atoms with van der Waals surface area (Å²) in [6, 6.07) is 9.28. The molecule has 0 saturated heterocycles. The van der Waals surface area contributed by atoms with Gasteiger partial charge in [-0.2, -0.15) is 0 Å². The van der Waals surface area contributed by atoms with Crippen LogP contribution in [0.4, 0.5) is 0 Å². The highest BCUT2D eigenvalue weighted by atomic mass is 16.5. The molecule has 3 nitrogen and oxygen atoms in total. The number of hydrogen-bond donors (Lipinski definition) is 1. The minimum atomic E-state index is 0.562. The molecule has 1 aliphatic heterocycles. The van der Waals surface area contributed by atoms with Crippen molar-refractivity contribution in [3.8, 4) is 0 Å². The quantitative estimate of drug-likeness (QED) is 0.830. The molecular formula is C14H22N2O. The summed E-state index contributed by atoms with van der Waals surface area (Å²) < 4.78 is 5.10. The first kappa shape index (κ1) is 12.6. The number of likely N-dealkylation sites (N-methyl/N-ethyl adjacent to an activating group) is 1. The van der Waals surface area contributed by atoms with Gasteiger partial charge in [-0.25, -0.2) is 0 Å². The van der Waals surface area contributed by atoms with E-state index in [-0.39, 0.29) is 0 Å². The Hall–Kier alpha value is -0.900. The number of fused-ring (bicyclic) bond motifs is 1. The van der Waals surface area contributed by atoms with Gasteiger partial charge in [-0.05, 0) is 24.6 Å². The zero-order chi connectivity index (χ0) is 12.1. The largest absolute Gasteiger partial charge is 0.383 e. The summed E-state index contributed by atoms with van der Waals surface area (Å²) in [5, 5.41) is 3.60. The van der Waals surface area contributed by atoms with E-state index in [0.29, 0.717) is 6.04 Å². The van der Waals surface area contributed by atoms with Gasteiger partial charge in [0, 0.05) is 32.8 Å². The SMILES string of the molecule is COCCN(C)CC1Cc2ccccc2CN1. The van der Waals surface area contributed by atoms with Crippen LogP contribution in [-0.4, -0.2) is 44.8 Å². The molecule has 17 heavy (non-hydrogen) atoms. The fourth-order valence-corrected chi connectivity index (χ4v) is 2.36. The highest BCUT2D eigenvalue weighted by Crippen LogP contribution is 2.16. The van der Waals surface area contributed by atoms with Gasteiger partial charge in [0.25, 0.3) is 0 Å². The van der Waals surface area contributed by atoms with Crippen molar-refractivity contribution < 1.29 is 4.74 Å². The molecule has 2 rings (SSSR count). The Kier molecular flexibility index (Phi) is 4.54. The van der Waals surface area contributed by atoms with Crippen LogP contribution in [0.2, 0.25) is 0 Å². The topological polar surface area (TPSA) is 24.5 Å². The third-order valence-electron chi connectivity index (χ3n) is 3.38. The molecule has 0 radical (unpaired) electrons. The Balaban J connectivity index is 1.85. The first-order valence-electron chi connectivity index (χ1n) is 6.27. The number of methoxy groups -OCH3 is 1. The van der Waals surface area contributed by atoms with Gasteiger partial charge >= 0.3 is 0 Å². The predicted molar refractivity (Wildman–Crippen MR) is 70.1 cm³/mol. The van der Waals surface area contributed by atoms with Crippen LogP contribution in [0, 0.1) is 0 Å².